The van der Waals surface area contributed by atoms with E-state index in [0.29, 0.717) is 30.9 Å². The van der Waals surface area contributed by atoms with E-state index in [0.717, 1.165) is 5.56 Å². The highest BCUT2D eigenvalue weighted by Gasteiger charge is 2.05. The highest BCUT2D eigenvalue weighted by molar-refractivity contribution is 5.53. The number of benzene rings is 1. The number of nitrogens with zero attached hydrogens (tertiary/aromatic N) is 4. The van der Waals surface area contributed by atoms with Crippen LogP contribution in [0.15, 0.2) is 42.9 Å². The lowest BCUT2D eigenvalue weighted by molar-refractivity contribution is 0.298. The SMILES string of the molecule is N#Cc1cnn2cc(CNCCOc3ccccc3F)cnc12. The van der Waals surface area contributed by atoms with Crippen LogP contribution in [0.5, 0.6) is 5.75 Å². The molecule has 0 spiro atoms. The molecule has 0 aliphatic heterocycles. The third-order valence-electron chi connectivity index (χ3n) is 3.23. The normalized spacial score (nSPS) is 10.6. The zero-order valence-electron chi connectivity index (χ0n) is 12.2. The van der Waals surface area contributed by atoms with Gasteiger partial charge in [0.1, 0.15) is 18.2 Å². The summed E-state index contributed by atoms with van der Waals surface area (Å²) in [4.78, 5) is 4.23. The number of nitriles is 1. The zero-order chi connectivity index (χ0) is 16.1. The molecular formula is C16H14FN5O. The minimum Gasteiger partial charge on any atom is -0.489 e. The summed E-state index contributed by atoms with van der Waals surface area (Å²) in [6.07, 6.45) is 5.00. The van der Waals surface area contributed by atoms with Crippen LogP contribution in [0.25, 0.3) is 5.65 Å². The third-order valence-corrected chi connectivity index (χ3v) is 3.23. The van der Waals surface area contributed by atoms with Crippen LogP contribution in [0.3, 0.4) is 0 Å². The lowest BCUT2D eigenvalue weighted by Crippen LogP contribution is -2.21. The Morgan fingerprint density at radius 2 is 2.17 bits per heavy atom. The molecule has 6 nitrogen and oxygen atoms in total. The topological polar surface area (TPSA) is 75.2 Å². The van der Waals surface area contributed by atoms with Crippen LogP contribution in [0.4, 0.5) is 4.39 Å². The Bertz CT molecular complexity index is 855. The smallest absolute Gasteiger partial charge is 0.172 e. The number of ether oxygens (including phenoxy) is 1. The van der Waals surface area contributed by atoms with Crippen molar-refractivity contribution in [1.29, 1.82) is 5.26 Å². The summed E-state index contributed by atoms with van der Waals surface area (Å²) < 4.78 is 20.3. The maximum atomic E-state index is 13.4. The molecule has 2 heterocycles. The van der Waals surface area contributed by atoms with Gasteiger partial charge in [-0.15, -0.1) is 0 Å². The number of para-hydroxylation sites is 1. The van der Waals surface area contributed by atoms with Gasteiger partial charge in [0.25, 0.3) is 0 Å². The Balaban J connectivity index is 1.49. The minimum atomic E-state index is -0.367. The molecule has 0 saturated carbocycles. The van der Waals surface area contributed by atoms with Crippen molar-refractivity contribution in [2.75, 3.05) is 13.2 Å². The Kier molecular flexibility index (Phi) is 4.45. The molecular weight excluding hydrogens is 297 g/mol. The molecule has 1 N–H and O–H groups in total. The quantitative estimate of drug-likeness (QED) is 0.704. The number of hydrogen-bond acceptors (Lipinski definition) is 5. The van der Waals surface area contributed by atoms with Gasteiger partial charge in [-0.05, 0) is 12.1 Å². The second-order valence-electron chi connectivity index (χ2n) is 4.86. The number of rotatable bonds is 6. The molecule has 0 saturated heterocycles. The molecule has 0 bridgehead atoms. The number of nitrogens with one attached hydrogen (secondary N) is 1. The molecule has 23 heavy (non-hydrogen) atoms. The highest BCUT2D eigenvalue weighted by Crippen LogP contribution is 2.14. The molecule has 3 rings (SSSR count). The Morgan fingerprint density at radius 1 is 1.30 bits per heavy atom. The number of fused-ring (bicyclic) bond motifs is 1. The van der Waals surface area contributed by atoms with Crippen LogP contribution in [0, 0.1) is 17.1 Å². The first-order valence-corrected chi connectivity index (χ1v) is 7.08. The minimum absolute atomic E-state index is 0.248. The van der Waals surface area contributed by atoms with E-state index >= 15 is 0 Å². The summed E-state index contributed by atoms with van der Waals surface area (Å²) in [6.45, 7) is 1.50. The fourth-order valence-electron chi connectivity index (χ4n) is 2.11. The molecule has 0 radical (unpaired) electrons. The third kappa shape index (κ3) is 3.44. The van der Waals surface area contributed by atoms with E-state index in [1.54, 1.807) is 28.9 Å². The highest BCUT2D eigenvalue weighted by atomic mass is 19.1. The van der Waals surface area contributed by atoms with E-state index < -0.39 is 0 Å². The standard InChI is InChI=1S/C16H14FN5O/c17-14-3-1-2-4-15(14)23-6-5-19-8-12-9-20-16-13(7-18)10-21-22(16)11-12/h1-4,9-11,19H,5-6,8H2. The first kappa shape index (κ1) is 14.9. The maximum Gasteiger partial charge on any atom is 0.172 e. The van der Waals surface area contributed by atoms with Crippen LogP contribution in [-0.4, -0.2) is 27.7 Å². The van der Waals surface area contributed by atoms with Gasteiger partial charge in [0, 0.05) is 31.0 Å². The van der Waals surface area contributed by atoms with Gasteiger partial charge in [-0.3, -0.25) is 0 Å². The molecule has 116 valence electrons. The number of hydrogen-bond donors (Lipinski definition) is 1. The van der Waals surface area contributed by atoms with Gasteiger partial charge in [0.05, 0.1) is 6.20 Å². The average molecular weight is 311 g/mol. The van der Waals surface area contributed by atoms with Gasteiger partial charge < -0.3 is 10.1 Å². The van der Waals surface area contributed by atoms with Gasteiger partial charge in [0.15, 0.2) is 17.2 Å². The Hall–Kier alpha value is -2.98. The van der Waals surface area contributed by atoms with E-state index in [1.807, 2.05) is 12.3 Å². The maximum absolute atomic E-state index is 13.4. The van der Waals surface area contributed by atoms with Crippen molar-refractivity contribution < 1.29 is 9.13 Å². The van der Waals surface area contributed by atoms with E-state index in [4.69, 9.17) is 10.00 Å². The summed E-state index contributed by atoms with van der Waals surface area (Å²) in [5.74, 6) is -0.118. The molecule has 0 aliphatic rings. The van der Waals surface area contributed by atoms with Crippen molar-refractivity contribution in [3.63, 3.8) is 0 Å². The van der Waals surface area contributed by atoms with Crippen LogP contribution in [0.2, 0.25) is 0 Å². The zero-order valence-corrected chi connectivity index (χ0v) is 12.2. The second-order valence-corrected chi connectivity index (χ2v) is 4.86. The van der Waals surface area contributed by atoms with E-state index in [-0.39, 0.29) is 11.6 Å². The summed E-state index contributed by atoms with van der Waals surface area (Å²) >= 11 is 0. The van der Waals surface area contributed by atoms with Crippen molar-refractivity contribution in [1.82, 2.24) is 19.9 Å². The molecule has 3 aromatic rings. The molecule has 1 aromatic carbocycles. The molecule has 0 unspecified atom stereocenters. The van der Waals surface area contributed by atoms with Crippen molar-refractivity contribution in [2.24, 2.45) is 0 Å². The summed E-state index contributed by atoms with van der Waals surface area (Å²) in [7, 11) is 0. The first-order valence-electron chi connectivity index (χ1n) is 7.08. The van der Waals surface area contributed by atoms with Crippen LogP contribution < -0.4 is 10.1 Å². The Morgan fingerprint density at radius 3 is 3.00 bits per heavy atom. The van der Waals surface area contributed by atoms with Gasteiger partial charge in [-0.2, -0.15) is 10.4 Å². The summed E-state index contributed by atoms with van der Waals surface area (Å²) in [5.41, 5.74) is 1.91. The van der Waals surface area contributed by atoms with Crippen molar-refractivity contribution in [3.8, 4) is 11.8 Å². The lowest BCUT2D eigenvalue weighted by Gasteiger charge is -2.08. The van der Waals surface area contributed by atoms with Gasteiger partial charge in [-0.25, -0.2) is 13.9 Å². The van der Waals surface area contributed by atoms with E-state index in [1.165, 1.54) is 12.3 Å². The molecule has 0 aliphatic carbocycles. The molecule has 0 amide bonds. The molecule has 7 heteroatoms. The molecule has 0 atom stereocenters. The predicted octanol–water partition coefficient (Wildman–Crippen LogP) is 1.91. The molecule has 2 aromatic heterocycles. The van der Waals surface area contributed by atoms with Gasteiger partial charge in [-0.1, -0.05) is 12.1 Å². The largest absolute Gasteiger partial charge is 0.489 e. The van der Waals surface area contributed by atoms with Crippen LogP contribution in [-0.2, 0) is 6.54 Å². The number of halogens is 1. The predicted molar refractivity (Wildman–Crippen MR) is 81.3 cm³/mol. The second kappa shape index (κ2) is 6.85. The van der Waals surface area contributed by atoms with Crippen molar-refractivity contribution in [2.45, 2.75) is 6.54 Å². The van der Waals surface area contributed by atoms with E-state index in [9.17, 15) is 4.39 Å². The van der Waals surface area contributed by atoms with Crippen molar-refractivity contribution >= 4 is 5.65 Å². The van der Waals surface area contributed by atoms with Crippen LogP contribution >= 0.6 is 0 Å². The molecule has 0 fully saturated rings. The van der Waals surface area contributed by atoms with Crippen LogP contribution in [0.1, 0.15) is 11.1 Å². The fraction of sp³-hybridized carbons (Fsp3) is 0.188. The summed E-state index contributed by atoms with van der Waals surface area (Å²) in [6, 6.07) is 8.35. The van der Waals surface area contributed by atoms with Gasteiger partial charge >= 0.3 is 0 Å². The average Bonchev–Trinajstić information content (AvgIpc) is 2.98. The fourth-order valence-corrected chi connectivity index (χ4v) is 2.11. The Labute approximate surface area is 132 Å². The summed E-state index contributed by atoms with van der Waals surface area (Å²) in [5, 5.41) is 16.2. The van der Waals surface area contributed by atoms with Gasteiger partial charge in [0.2, 0.25) is 0 Å². The van der Waals surface area contributed by atoms with Crippen molar-refractivity contribution in [3.05, 3.63) is 59.8 Å². The van der Waals surface area contributed by atoms with E-state index in [2.05, 4.69) is 15.4 Å². The number of aromatic nitrogens is 3. The lowest BCUT2D eigenvalue weighted by atomic mass is 10.3. The monoisotopic (exact) mass is 311 g/mol. The first-order chi connectivity index (χ1) is 11.3.